The monoisotopic (exact) mass is 210 g/mol. The molecule has 0 saturated carbocycles. The third kappa shape index (κ3) is 3.63. The summed E-state index contributed by atoms with van der Waals surface area (Å²) in [5.41, 5.74) is 6.29. The molecule has 0 fully saturated rings. The Balaban J connectivity index is 2.47. The summed E-state index contributed by atoms with van der Waals surface area (Å²) in [7, 11) is 0. The molecule has 0 aliphatic rings. The average Bonchev–Trinajstić information content (AvgIpc) is 2.18. The van der Waals surface area contributed by atoms with E-state index in [1.807, 2.05) is 0 Å². The van der Waals surface area contributed by atoms with Gasteiger partial charge in [-0.15, -0.1) is 0 Å². The van der Waals surface area contributed by atoms with Gasteiger partial charge in [-0.2, -0.15) is 0 Å². The minimum atomic E-state index is -0.586. The second-order valence-electron chi connectivity index (χ2n) is 2.81. The summed E-state index contributed by atoms with van der Waals surface area (Å²) in [6.07, 6.45) is 0. The lowest BCUT2D eigenvalue weighted by molar-refractivity contribution is -0.482. The van der Waals surface area contributed by atoms with E-state index in [0.29, 0.717) is 11.3 Å². The van der Waals surface area contributed by atoms with Crippen LogP contribution in [0.25, 0.3) is 0 Å². The number of nitrogens with zero attached hydrogens (tertiary/aromatic N) is 1. The number of carbonyl (C=O) groups is 1. The predicted octanol–water partition coefficient (Wildman–Crippen LogP) is 0.702. The zero-order chi connectivity index (χ0) is 11.3. The molecule has 0 spiro atoms. The highest BCUT2D eigenvalue weighted by Crippen LogP contribution is 2.06. The summed E-state index contributed by atoms with van der Waals surface area (Å²) in [5, 5.41) is 9.96. The summed E-state index contributed by atoms with van der Waals surface area (Å²) in [4.78, 5) is 20.7. The lowest BCUT2D eigenvalue weighted by Gasteiger charge is -2.01. The van der Waals surface area contributed by atoms with E-state index >= 15 is 0 Å². The van der Waals surface area contributed by atoms with Gasteiger partial charge in [-0.1, -0.05) is 0 Å². The van der Waals surface area contributed by atoms with E-state index < -0.39 is 10.9 Å². The molecule has 0 heterocycles. The van der Waals surface area contributed by atoms with Crippen LogP contribution in [0.5, 0.6) is 0 Å². The number of nitro groups is 1. The summed E-state index contributed by atoms with van der Waals surface area (Å²) >= 11 is 0. The highest BCUT2D eigenvalue weighted by molar-refractivity contribution is 5.89. The van der Waals surface area contributed by atoms with Crippen molar-refractivity contribution in [3.8, 4) is 0 Å². The standard InChI is InChI=1S/C9H10N2O4/c10-8-3-1-7(2-4-8)9(12)15-6-5-11(13)14/h1-4H,5-6,10H2. The largest absolute Gasteiger partial charge is 0.455 e. The molecular weight excluding hydrogens is 200 g/mol. The van der Waals surface area contributed by atoms with Crippen molar-refractivity contribution in [1.82, 2.24) is 0 Å². The van der Waals surface area contributed by atoms with Gasteiger partial charge in [-0.25, -0.2) is 4.79 Å². The van der Waals surface area contributed by atoms with Gasteiger partial charge in [0.2, 0.25) is 6.54 Å². The molecule has 0 bridgehead atoms. The number of rotatable bonds is 4. The van der Waals surface area contributed by atoms with Crippen molar-refractivity contribution >= 4 is 11.7 Å². The van der Waals surface area contributed by atoms with Crippen molar-refractivity contribution in [2.75, 3.05) is 18.9 Å². The first-order chi connectivity index (χ1) is 7.09. The molecule has 0 aliphatic carbocycles. The van der Waals surface area contributed by atoms with Crippen LogP contribution in [-0.4, -0.2) is 24.0 Å². The highest BCUT2D eigenvalue weighted by Gasteiger charge is 2.07. The Morgan fingerprint density at radius 2 is 2.00 bits per heavy atom. The van der Waals surface area contributed by atoms with Crippen LogP contribution in [-0.2, 0) is 4.74 Å². The first-order valence-electron chi connectivity index (χ1n) is 4.24. The molecule has 0 aliphatic heterocycles. The summed E-state index contributed by atoms with van der Waals surface area (Å²) in [6.45, 7) is -0.614. The summed E-state index contributed by atoms with van der Waals surface area (Å²) in [6, 6.07) is 6.13. The number of hydrogen-bond donors (Lipinski definition) is 1. The van der Waals surface area contributed by atoms with E-state index in [0.717, 1.165) is 0 Å². The Labute approximate surface area is 85.8 Å². The molecule has 80 valence electrons. The van der Waals surface area contributed by atoms with Gasteiger partial charge in [-0.05, 0) is 24.3 Å². The quantitative estimate of drug-likeness (QED) is 0.341. The SMILES string of the molecule is Nc1ccc(C(=O)OCC[N+](=O)[O-])cc1. The topological polar surface area (TPSA) is 95.5 Å². The normalized spacial score (nSPS) is 9.60. The van der Waals surface area contributed by atoms with Gasteiger partial charge in [-0.3, -0.25) is 10.1 Å². The Bertz CT molecular complexity index is 361. The van der Waals surface area contributed by atoms with E-state index in [4.69, 9.17) is 5.73 Å². The van der Waals surface area contributed by atoms with Gasteiger partial charge >= 0.3 is 5.97 Å². The van der Waals surface area contributed by atoms with Crippen molar-refractivity contribution in [3.63, 3.8) is 0 Å². The van der Waals surface area contributed by atoms with Crippen molar-refractivity contribution in [1.29, 1.82) is 0 Å². The van der Waals surface area contributed by atoms with Crippen molar-refractivity contribution in [2.24, 2.45) is 0 Å². The minimum absolute atomic E-state index is 0.226. The molecule has 15 heavy (non-hydrogen) atoms. The molecular formula is C9H10N2O4. The smallest absolute Gasteiger partial charge is 0.338 e. The van der Waals surface area contributed by atoms with Gasteiger partial charge in [0.1, 0.15) is 0 Å². The summed E-state index contributed by atoms with van der Waals surface area (Å²) in [5.74, 6) is -0.586. The van der Waals surface area contributed by atoms with Crippen LogP contribution in [0.2, 0.25) is 0 Å². The fourth-order valence-corrected chi connectivity index (χ4v) is 0.915. The first kappa shape index (κ1) is 11.0. The highest BCUT2D eigenvalue weighted by atomic mass is 16.6. The Kier molecular flexibility index (Phi) is 3.61. The van der Waals surface area contributed by atoms with Crippen molar-refractivity contribution in [3.05, 3.63) is 39.9 Å². The molecule has 2 N–H and O–H groups in total. The molecule has 0 aromatic heterocycles. The molecule has 0 amide bonds. The zero-order valence-corrected chi connectivity index (χ0v) is 7.88. The molecule has 0 atom stereocenters. The minimum Gasteiger partial charge on any atom is -0.455 e. The molecule has 1 aromatic rings. The van der Waals surface area contributed by atoms with Gasteiger partial charge < -0.3 is 10.5 Å². The van der Waals surface area contributed by atoms with E-state index in [-0.39, 0.29) is 13.2 Å². The molecule has 1 rings (SSSR count). The maximum Gasteiger partial charge on any atom is 0.338 e. The first-order valence-corrected chi connectivity index (χ1v) is 4.24. The lowest BCUT2D eigenvalue weighted by Crippen LogP contribution is -2.13. The fourth-order valence-electron chi connectivity index (χ4n) is 0.915. The molecule has 1 aromatic carbocycles. The number of ether oxygens (including phenoxy) is 1. The van der Waals surface area contributed by atoms with Crippen LogP contribution >= 0.6 is 0 Å². The van der Waals surface area contributed by atoms with Crippen LogP contribution in [0.3, 0.4) is 0 Å². The Morgan fingerprint density at radius 1 is 1.40 bits per heavy atom. The van der Waals surface area contributed by atoms with Gasteiger partial charge in [0.05, 0.1) is 5.56 Å². The number of carbonyl (C=O) groups excluding carboxylic acids is 1. The summed E-state index contributed by atoms with van der Waals surface area (Å²) < 4.78 is 4.66. The van der Waals surface area contributed by atoms with E-state index in [1.54, 1.807) is 12.1 Å². The molecule has 6 heteroatoms. The predicted molar refractivity (Wildman–Crippen MR) is 53.0 cm³/mol. The zero-order valence-electron chi connectivity index (χ0n) is 7.88. The Morgan fingerprint density at radius 3 is 2.53 bits per heavy atom. The average molecular weight is 210 g/mol. The van der Waals surface area contributed by atoms with Gasteiger partial charge in [0, 0.05) is 10.6 Å². The third-order valence-corrected chi connectivity index (χ3v) is 1.65. The molecule has 6 nitrogen and oxygen atoms in total. The second-order valence-corrected chi connectivity index (χ2v) is 2.81. The van der Waals surface area contributed by atoms with E-state index in [2.05, 4.69) is 4.74 Å². The van der Waals surface area contributed by atoms with E-state index in [1.165, 1.54) is 12.1 Å². The van der Waals surface area contributed by atoms with Crippen LogP contribution < -0.4 is 5.73 Å². The number of nitrogen functional groups attached to an aromatic ring is 1. The number of esters is 1. The fraction of sp³-hybridized carbons (Fsp3) is 0.222. The molecule has 0 saturated heterocycles. The van der Waals surface area contributed by atoms with Crippen LogP contribution in [0.4, 0.5) is 5.69 Å². The maximum atomic E-state index is 11.3. The van der Waals surface area contributed by atoms with Crippen molar-refractivity contribution in [2.45, 2.75) is 0 Å². The number of hydrogen-bond acceptors (Lipinski definition) is 5. The Hall–Kier alpha value is -2.11. The van der Waals surface area contributed by atoms with Gasteiger partial charge in [0.25, 0.3) is 0 Å². The molecule has 0 unspecified atom stereocenters. The van der Waals surface area contributed by atoms with Crippen LogP contribution in [0.1, 0.15) is 10.4 Å². The second kappa shape index (κ2) is 4.94. The molecule has 0 radical (unpaired) electrons. The van der Waals surface area contributed by atoms with Crippen molar-refractivity contribution < 1.29 is 14.5 Å². The third-order valence-electron chi connectivity index (χ3n) is 1.65. The van der Waals surface area contributed by atoms with Crippen LogP contribution in [0, 0.1) is 10.1 Å². The number of benzene rings is 1. The number of anilines is 1. The van der Waals surface area contributed by atoms with Gasteiger partial charge in [0.15, 0.2) is 6.61 Å². The maximum absolute atomic E-state index is 11.3. The number of nitrogens with two attached hydrogens (primary N) is 1. The van der Waals surface area contributed by atoms with Crippen LogP contribution in [0.15, 0.2) is 24.3 Å². The van der Waals surface area contributed by atoms with E-state index in [9.17, 15) is 14.9 Å². The lowest BCUT2D eigenvalue weighted by atomic mass is 10.2.